The number of ether oxygens (including phenoxy) is 3. The second-order valence-corrected chi connectivity index (χ2v) is 12.0. The number of rotatable bonds is 15. The van der Waals surface area contributed by atoms with Crippen LogP contribution in [0.2, 0.25) is 0 Å². The number of aromatic nitrogens is 4. The molecule has 3 heterocycles. The van der Waals surface area contributed by atoms with E-state index in [-0.39, 0.29) is 6.01 Å². The molecule has 47 heavy (non-hydrogen) atoms. The zero-order valence-corrected chi connectivity index (χ0v) is 27.5. The summed E-state index contributed by atoms with van der Waals surface area (Å²) in [5, 5.41) is 16.4. The van der Waals surface area contributed by atoms with Gasteiger partial charge in [0.1, 0.15) is 17.6 Å². The minimum absolute atomic E-state index is 0.239. The third-order valence-corrected chi connectivity index (χ3v) is 8.63. The van der Waals surface area contributed by atoms with E-state index < -0.39 is 6.10 Å². The SMILES string of the molecule is CCCCOc1nc(N(Cc2ccc(OC)cc2)Cc2ccc(OC)cc2)c2ncc(C(O)c3ccc(CN4CCCC4)cc3)n2n1. The van der Waals surface area contributed by atoms with Gasteiger partial charge < -0.3 is 24.2 Å². The predicted octanol–water partition coefficient (Wildman–Crippen LogP) is 6.20. The lowest BCUT2D eigenvalue weighted by atomic mass is 10.0. The van der Waals surface area contributed by atoms with Gasteiger partial charge in [-0.05, 0) is 78.9 Å². The Bertz CT molecular complexity index is 1670. The van der Waals surface area contributed by atoms with E-state index in [9.17, 15) is 5.11 Å². The molecule has 246 valence electrons. The van der Waals surface area contributed by atoms with Crippen LogP contribution in [0.1, 0.15) is 66.7 Å². The van der Waals surface area contributed by atoms with Crippen molar-refractivity contribution in [2.75, 3.05) is 38.8 Å². The van der Waals surface area contributed by atoms with Crippen LogP contribution in [-0.2, 0) is 19.6 Å². The van der Waals surface area contributed by atoms with E-state index in [2.05, 4.69) is 28.9 Å². The van der Waals surface area contributed by atoms with Gasteiger partial charge in [0.2, 0.25) is 0 Å². The number of aliphatic hydroxyl groups excluding tert-OH is 1. The Labute approximate surface area is 276 Å². The molecule has 1 atom stereocenters. The molecule has 0 amide bonds. The first-order chi connectivity index (χ1) is 23.0. The van der Waals surface area contributed by atoms with Gasteiger partial charge in [0.05, 0.1) is 32.7 Å². The second-order valence-electron chi connectivity index (χ2n) is 12.0. The van der Waals surface area contributed by atoms with E-state index in [4.69, 9.17) is 29.3 Å². The Hall–Kier alpha value is -4.67. The topological polar surface area (TPSA) is 97.5 Å². The smallest absolute Gasteiger partial charge is 0.336 e. The van der Waals surface area contributed by atoms with Crippen molar-refractivity contribution in [1.82, 2.24) is 24.5 Å². The number of nitrogens with zero attached hydrogens (tertiary/aromatic N) is 6. The number of methoxy groups -OCH3 is 2. The van der Waals surface area contributed by atoms with E-state index in [1.54, 1.807) is 24.9 Å². The summed E-state index contributed by atoms with van der Waals surface area (Å²) in [6.45, 7) is 6.91. The largest absolute Gasteiger partial charge is 0.497 e. The molecule has 1 N–H and O–H groups in total. The first kappa shape index (κ1) is 32.3. The zero-order chi connectivity index (χ0) is 32.6. The molecule has 0 spiro atoms. The van der Waals surface area contributed by atoms with E-state index in [0.717, 1.165) is 60.7 Å². The fraction of sp³-hybridized carbons (Fsp3) is 0.378. The number of aliphatic hydroxyl groups is 1. The van der Waals surface area contributed by atoms with Crippen molar-refractivity contribution in [3.63, 3.8) is 0 Å². The molecule has 1 saturated heterocycles. The maximum Gasteiger partial charge on any atom is 0.336 e. The van der Waals surface area contributed by atoms with Crippen molar-refractivity contribution in [3.05, 3.63) is 107 Å². The molecule has 10 heteroatoms. The van der Waals surface area contributed by atoms with Crippen LogP contribution in [0.5, 0.6) is 17.5 Å². The first-order valence-electron chi connectivity index (χ1n) is 16.4. The van der Waals surface area contributed by atoms with Gasteiger partial charge in [0, 0.05) is 19.6 Å². The fourth-order valence-corrected chi connectivity index (χ4v) is 5.92. The van der Waals surface area contributed by atoms with Gasteiger partial charge in [-0.1, -0.05) is 61.9 Å². The van der Waals surface area contributed by atoms with Crippen molar-refractivity contribution in [1.29, 1.82) is 0 Å². The summed E-state index contributed by atoms with van der Waals surface area (Å²) in [6, 6.07) is 24.4. The van der Waals surface area contributed by atoms with Crippen molar-refractivity contribution in [2.45, 2.75) is 58.3 Å². The van der Waals surface area contributed by atoms with E-state index in [1.165, 1.54) is 18.4 Å². The van der Waals surface area contributed by atoms with Crippen LogP contribution in [0.15, 0.2) is 79.0 Å². The van der Waals surface area contributed by atoms with Gasteiger partial charge in [-0.3, -0.25) is 4.90 Å². The summed E-state index contributed by atoms with van der Waals surface area (Å²) in [6.07, 6.45) is 5.13. The molecule has 10 nitrogen and oxygen atoms in total. The monoisotopic (exact) mass is 636 g/mol. The highest BCUT2D eigenvalue weighted by Gasteiger charge is 2.24. The number of benzene rings is 3. The molecule has 1 aliphatic rings. The molecular weight excluding hydrogens is 592 g/mol. The third kappa shape index (κ3) is 7.84. The normalized spacial score (nSPS) is 14.0. The van der Waals surface area contributed by atoms with Crippen LogP contribution in [0.3, 0.4) is 0 Å². The van der Waals surface area contributed by atoms with Crippen molar-refractivity contribution < 1.29 is 19.3 Å². The average Bonchev–Trinajstić information content (AvgIpc) is 3.79. The molecule has 3 aromatic carbocycles. The van der Waals surface area contributed by atoms with Crippen LogP contribution < -0.4 is 19.1 Å². The molecule has 2 aromatic heterocycles. The highest BCUT2D eigenvalue weighted by Crippen LogP contribution is 2.30. The van der Waals surface area contributed by atoms with E-state index in [0.29, 0.717) is 36.9 Å². The third-order valence-electron chi connectivity index (χ3n) is 8.63. The van der Waals surface area contributed by atoms with Crippen LogP contribution in [0.4, 0.5) is 5.82 Å². The Morgan fingerprint density at radius 3 is 2.00 bits per heavy atom. The first-order valence-corrected chi connectivity index (χ1v) is 16.4. The highest BCUT2D eigenvalue weighted by molar-refractivity contribution is 5.65. The summed E-state index contributed by atoms with van der Waals surface area (Å²) >= 11 is 0. The molecule has 6 rings (SSSR count). The molecule has 1 fully saturated rings. The maximum absolute atomic E-state index is 11.6. The van der Waals surface area contributed by atoms with Crippen LogP contribution in [0, 0.1) is 0 Å². The Kier molecular flexibility index (Phi) is 10.5. The van der Waals surface area contributed by atoms with E-state index in [1.807, 2.05) is 60.7 Å². The molecule has 1 aliphatic heterocycles. The van der Waals surface area contributed by atoms with Crippen molar-refractivity contribution >= 4 is 11.5 Å². The summed E-state index contributed by atoms with van der Waals surface area (Å²) < 4.78 is 18.5. The number of fused-ring (bicyclic) bond motifs is 1. The van der Waals surface area contributed by atoms with Crippen molar-refractivity contribution in [3.8, 4) is 17.5 Å². The van der Waals surface area contributed by atoms with E-state index >= 15 is 0 Å². The van der Waals surface area contributed by atoms with Crippen LogP contribution >= 0.6 is 0 Å². The molecule has 0 aliphatic carbocycles. The Balaban J connectivity index is 1.37. The predicted molar refractivity (Wildman–Crippen MR) is 182 cm³/mol. The summed E-state index contributed by atoms with van der Waals surface area (Å²) in [5.41, 5.74) is 5.25. The quantitative estimate of drug-likeness (QED) is 0.135. The zero-order valence-electron chi connectivity index (χ0n) is 27.5. The fourth-order valence-electron chi connectivity index (χ4n) is 5.92. The van der Waals surface area contributed by atoms with Gasteiger partial charge in [0.25, 0.3) is 0 Å². The Morgan fingerprint density at radius 2 is 1.43 bits per heavy atom. The summed E-state index contributed by atoms with van der Waals surface area (Å²) in [5.74, 6) is 2.20. The summed E-state index contributed by atoms with van der Waals surface area (Å²) in [4.78, 5) is 14.3. The van der Waals surface area contributed by atoms with Gasteiger partial charge in [0.15, 0.2) is 11.5 Å². The Morgan fingerprint density at radius 1 is 0.830 bits per heavy atom. The van der Waals surface area contributed by atoms with Gasteiger partial charge in [-0.2, -0.15) is 4.98 Å². The average molecular weight is 637 g/mol. The number of hydrogen-bond donors (Lipinski definition) is 1. The molecule has 0 radical (unpaired) electrons. The minimum Gasteiger partial charge on any atom is -0.497 e. The lowest BCUT2D eigenvalue weighted by Crippen LogP contribution is -2.25. The molecule has 0 saturated carbocycles. The van der Waals surface area contributed by atoms with Crippen LogP contribution in [-0.4, -0.2) is 63.5 Å². The lowest BCUT2D eigenvalue weighted by molar-refractivity contribution is 0.211. The number of hydrogen-bond acceptors (Lipinski definition) is 9. The van der Waals surface area contributed by atoms with Crippen LogP contribution in [0.25, 0.3) is 5.65 Å². The van der Waals surface area contributed by atoms with Gasteiger partial charge in [-0.25, -0.2) is 9.50 Å². The summed E-state index contributed by atoms with van der Waals surface area (Å²) in [7, 11) is 3.33. The molecule has 0 bridgehead atoms. The standard InChI is InChI=1S/C37H44N6O4/c1-4-5-22-47-37-39-36(42(25-28-10-16-31(45-2)17-11-28)26-29-12-18-32(46-3)19-13-29)35-38-23-33(43(35)40-37)34(44)30-14-8-27(9-15-30)24-41-20-6-7-21-41/h8-19,23,34,44H,4-7,20-22,24-26H2,1-3H3. The highest BCUT2D eigenvalue weighted by atomic mass is 16.5. The number of unbranched alkanes of at least 4 members (excludes halogenated alkanes) is 1. The number of likely N-dealkylation sites (tertiary alicyclic amines) is 1. The maximum atomic E-state index is 11.6. The number of anilines is 1. The number of imidazole rings is 1. The second kappa shape index (κ2) is 15.3. The van der Waals surface area contributed by atoms with Gasteiger partial charge in [-0.15, -0.1) is 5.10 Å². The van der Waals surface area contributed by atoms with Crippen molar-refractivity contribution in [2.24, 2.45) is 0 Å². The van der Waals surface area contributed by atoms with Gasteiger partial charge >= 0.3 is 6.01 Å². The molecule has 5 aromatic rings. The molecular formula is C37H44N6O4. The minimum atomic E-state index is -0.936. The molecule has 1 unspecified atom stereocenters. The lowest BCUT2D eigenvalue weighted by Gasteiger charge is -2.25.